The van der Waals surface area contributed by atoms with Crippen molar-refractivity contribution in [3.8, 4) is 0 Å². The lowest BCUT2D eigenvalue weighted by Gasteiger charge is -2.09. The van der Waals surface area contributed by atoms with Crippen LogP contribution in [0.15, 0.2) is 60.2 Å². The van der Waals surface area contributed by atoms with Crippen molar-refractivity contribution < 1.29 is 9.53 Å². The van der Waals surface area contributed by atoms with Crippen molar-refractivity contribution in [1.82, 2.24) is 0 Å². The maximum atomic E-state index is 11.0. The summed E-state index contributed by atoms with van der Waals surface area (Å²) in [5.74, 6) is -0.252. The van der Waals surface area contributed by atoms with Crippen LogP contribution in [0.4, 0.5) is 0 Å². The van der Waals surface area contributed by atoms with Crippen molar-refractivity contribution in [3.63, 3.8) is 0 Å². The Labute approximate surface area is 126 Å². The first-order valence-corrected chi connectivity index (χ1v) is 7.07. The number of esters is 1. The average molecular weight is 280 g/mol. The molecule has 2 heteroatoms. The van der Waals surface area contributed by atoms with E-state index in [-0.39, 0.29) is 5.97 Å². The minimum Gasteiger partial charge on any atom is -0.461 e. The topological polar surface area (TPSA) is 26.3 Å². The summed E-state index contributed by atoms with van der Waals surface area (Å²) < 4.78 is 5.16. The van der Waals surface area contributed by atoms with Gasteiger partial charge in [-0.15, -0.1) is 0 Å². The van der Waals surface area contributed by atoms with Crippen LogP contribution >= 0.6 is 0 Å². The Bertz CT molecular complexity index is 610. The number of hydrogen-bond acceptors (Lipinski definition) is 2. The minimum atomic E-state index is -0.252. The summed E-state index contributed by atoms with van der Waals surface area (Å²) in [6, 6.07) is 18.5. The molecule has 21 heavy (non-hydrogen) atoms. The Kier molecular flexibility index (Phi) is 5.33. The zero-order valence-corrected chi connectivity index (χ0v) is 12.5. The van der Waals surface area contributed by atoms with E-state index in [2.05, 4.69) is 49.4 Å². The van der Waals surface area contributed by atoms with Crippen molar-refractivity contribution in [3.05, 3.63) is 76.9 Å². The molecule has 0 fully saturated rings. The van der Waals surface area contributed by atoms with Crippen LogP contribution in [-0.2, 0) is 16.0 Å². The van der Waals surface area contributed by atoms with Crippen LogP contribution in [0.3, 0.4) is 0 Å². The second-order valence-electron chi connectivity index (χ2n) is 5.16. The molecule has 0 aliphatic heterocycles. The molecule has 0 aliphatic carbocycles. The maximum Gasteiger partial charge on any atom is 0.302 e. The highest BCUT2D eigenvalue weighted by molar-refractivity contribution is 5.66. The Morgan fingerprint density at radius 3 is 2.33 bits per heavy atom. The summed E-state index contributed by atoms with van der Waals surface area (Å²) in [6.07, 6.45) is 2.87. The first-order chi connectivity index (χ1) is 10.1. The lowest BCUT2D eigenvalue weighted by Crippen LogP contribution is -2.05. The molecule has 0 heterocycles. The van der Waals surface area contributed by atoms with E-state index >= 15 is 0 Å². The van der Waals surface area contributed by atoms with Crippen molar-refractivity contribution in [2.75, 3.05) is 6.61 Å². The smallest absolute Gasteiger partial charge is 0.302 e. The van der Waals surface area contributed by atoms with Crippen molar-refractivity contribution in [1.29, 1.82) is 0 Å². The fraction of sp³-hybridized carbons (Fsp3) is 0.211. The molecular formula is C19H20O2. The maximum absolute atomic E-state index is 11.0. The molecule has 0 saturated heterocycles. The second-order valence-corrected chi connectivity index (χ2v) is 5.16. The number of aryl methyl sites for hydroxylation is 1. The van der Waals surface area contributed by atoms with Gasteiger partial charge in [-0.25, -0.2) is 0 Å². The first-order valence-electron chi connectivity index (χ1n) is 7.07. The molecule has 0 spiro atoms. The quantitative estimate of drug-likeness (QED) is 0.768. The van der Waals surface area contributed by atoms with Gasteiger partial charge in [-0.2, -0.15) is 0 Å². The number of carbonyl (C=O) groups excluding carboxylic acids is 1. The fourth-order valence-electron chi connectivity index (χ4n) is 2.09. The molecule has 0 bridgehead atoms. The van der Waals surface area contributed by atoms with E-state index in [9.17, 15) is 4.79 Å². The van der Waals surface area contributed by atoms with Gasteiger partial charge in [0.05, 0.1) is 0 Å². The molecule has 0 saturated carbocycles. The van der Waals surface area contributed by atoms with E-state index in [4.69, 9.17) is 4.74 Å². The zero-order chi connectivity index (χ0) is 15.1. The normalized spacial score (nSPS) is 11.2. The molecule has 0 unspecified atom stereocenters. The average Bonchev–Trinajstić information content (AvgIpc) is 2.48. The molecule has 0 atom stereocenters. The molecule has 2 rings (SSSR count). The Morgan fingerprint density at radius 2 is 1.71 bits per heavy atom. The second kappa shape index (κ2) is 7.44. The van der Waals surface area contributed by atoms with Gasteiger partial charge in [0.2, 0.25) is 0 Å². The number of benzene rings is 2. The molecule has 2 aromatic rings. The SMILES string of the molecule is CC(=O)OCC(=Cc1ccc(C)cc1)Cc1ccccc1. The third-order valence-electron chi connectivity index (χ3n) is 3.18. The van der Waals surface area contributed by atoms with E-state index < -0.39 is 0 Å². The highest BCUT2D eigenvalue weighted by Crippen LogP contribution is 2.14. The van der Waals surface area contributed by atoms with Crippen LogP contribution in [0, 0.1) is 6.92 Å². The van der Waals surface area contributed by atoms with Gasteiger partial charge >= 0.3 is 5.97 Å². The summed E-state index contributed by atoms with van der Waals surface area (Å²) in [6.45, 7) is 3.83. The molecule has 2 nitrogen and oxygen atoms in total. The van der Waals surface area contributed by atoms with Gasteiger partial charge in [0, 0.05) is 6.92 Å². The van der Waals surface area contributed by atoms with Crippen LogP contribution in [0.2, 0.25) is 0 Å². The van der Waals surface area contributed by atoms with Crippen molar-refractivity contribution >= 4 is 12.0 Å². The fourth-order valence-corrected chi connectivity index (χ4v) is 2.09. The largest absolute Gasteiger partial charge is 0.461 e. The summed E-state index contributed by atoms with van der Waals surface area (Å²) in [5, 5.41) is 0. The standard InChI is InChI=1S/C19H20O2/c1-15-8-10-18(11-9-15)13-19(14-21-16(2)20)12-17-6-4-3-5-7-17/h3-11,13H,12,14H2,1-2H3. The van der Waals surface area contributed by atoms with Crippen molar-refractivity contribution in [2.24, 2.45) is 0 Å². The van der Waals surface area contributed by atoms with Gasteiger partial charge in [0.25, 0.3) is 0 Å². The third-order valence-corrected chi connectivity index (χ3v) is 3.18. The van der Waals surface area contributed by atoms with Crippen LogP contribution in [0.25, 0.3) is 6.08 Å². The van der Waals surface area contributed by atoms with E-state index in [1.165, 1.54) is 18.1 Å². The predicted octanol–water partition coefficient (Wildman–Crippen LogP) is 4.18. The lowest BCUT2D eigenvalue weighted by molar-refractivity contribution is -0.139. The lowest BCUT2D eigenvalue weighted by atomic mass is 10.0. The van der Waals surface area contributed by atoms with Gasteiger partial charge in [-0.1, -0.05) is 66.2 Å². The molecule has 2 aromatic carbocycles. The van der Waals surface area contributed by atoms with Crippen LogP contribution < -0.4 is 0 Å². The van der Waals surface area contributed by atoms with Gasteiger partial charge in [-0.3, -0.25) is 4.79 Å². The summed E-state index contributed by atoms with van der Waals surface area (Å²) >= 11 is 0. The van der Waals surface area contributed by atoms with Gasteiger partial charge in [0.15, 0.2) is 0 Å². The monoisotopic (exact) mass is 280 g/mol. The molecule has 0 radical (unpaired) electrons. The molecule has 108 valence electrons. The molecule has 0 N–H and O–H groups in total. The van der Waals surface area contributed by atoms with E-state index in [0.29, 0.717) is 6.61 Å². The molecule has 0 aromatic heterocycles. The van der Waals surface area contributed by atoms with Crippen LogP contribution in [-0.4, -0.2) is 12.6 Å². The van der Waals surface area contributed by atoms with E-state index in [1.807, 2.05) is 18.2 Å². The number of hydrogen-bond donors (Lipinski definition) is 0. The van der Waals surface area contributed by atoms with Gasteiger partial charge < -0.3 is 4.74 Å². The molecule has 0 aliphatic rings. The summed E-state index contributed by atoms with van der Waals surface area (Å²) in [4.78, 5) is 11.0. The summed E-state index contributed by atoms with van der Waals surface area (Å²) in [5.41, 5.74) is 4.65. The van der Waals surface area contributed by atoms with Crippen molar-refractivity contribution in [2.45, 2.75) is 20.3 Å². The number of rotatable bonds is 5. The Hall–Kier alpha value is -2.35. The molecule has 0 amide bonds. The number of ether oxygens (including phenoxy) is 1. The molecular weight excluding hydrogens is 260 g/mol. The summed E-state index contributed by atoms with van der Waals surface area (Å²) in [7, 11) is 0. The van der Waals surface area contributed by atoms with Gasteiger partial charge in [-0.05, 0) is 30.0 Å². The Morgan fingerprint density at radius 1 is 1.05 bits per heavy atom. The predicted molar refractivity (Wildman–Crippen MR) is 85.9 cm³/mol. The zero-order valence-electron chi connectivity index (χ0n) is 12.5. The Balaban J connectivity index is 2.18. The van der Waals surface area contributed by atoms with Crippen LogP contribution in [0.5, 0.6) is 0 Å². The first kappa shape index (κ1) is 15.0. The van der Waals surface area contributed by atoms with E-state index in [1.54, 1.807) is 0 Å². The highest BCUT2D eigenvalue weighted by Gasteiger charge is 2.03. The number of carbonyl (C=O) groups is 1. The van der Waals surface area contributed by atoms with Gasteiger partial charge in [0.1, 0.15) is 6.61 Å². The van der Waals surface area contributed by atoms with Crippen LogP contribution in [0.1, 0.15) is 23.6 Å². The van der Waals surface area contributed by atoms with E-state index in [0.717, 1.165) is 17.6 Å². The minimum absolute atomic E-state index is 0.252. The third kappa shape index (κ3) is 5.27. The highest BCUT2D eigenvalue weighted by atomic mass is 16.5.